The van der Waals surface area contributed by atoms with E-state index in [1.165, 1.54) is 18.2 Å². The molecule has 2 unspecified atom stereocenters. The van der Waals surface area contributed by atoms with E-state index in [1.54, 1.807) is 18.2 Å². The summed E-state index contributed by atoms with van der Waals surface area (Å²) >= 11 is 0.788. The zero-order valence-electron chi connectivity index (χ0n) is 25.9. The van der Waals surface area contributed by atoms with Gasteiger partial charge in [0.1, 0.15) is 17.9 Å². The molecule has 0 bridgehead atoms. The monoisotopic (exact) mass is 732 g/mol. The van der Waals surface area contributed by atoms with Crippen molar-refractivity contribution in [2.45, 2.75) is 66.5 Å². The first-order valence-electron chi connectivity index (χ1n) is 14.4. The molecular formula is C29H36N2O12S4+2. The SMILES string of the molecule is CC1(C)C(C=C/C=C2\C(C)(C)c3cc(S(=O)(=O)O)ccc3[N+]23CCC3S(=O)(=O)O)=[N+](CCCS(=O)(=O)O)c2ccc(SOOO)cc21. The van der Waals surface area contributed by atoms with Crippen LogP contribution in [0.1, 0.15) is 51.7 Å². The predicted molar refractivity (Wildman–Crippen MR) is 174 cm³/mol. The minimum atomic E-state index is -4.56. The van der Waals surface area contributed by atoms with Crippen molar-refractivity contribution in [2.24, 2.45) is 0 Å². The van der Waals surface area contributed by atoms with Crippen LogP contribution >= 0.6 is 12.0 Å². The van der Waals surface area contributed by atoms with Crippen molar-refractivity contribution >= 4 is 59.5 Å². The van der Waals surface area contributed by atoms with E-state index in [0.29, 0.717) is 28.4 Å². The topological polar surface area (TPSA) is 205 Å². The van der Waals surface area contributed by atoms with Gasteiger partial charge in [-0.25, -0.2) is 9.74 Å². The number of allylic oxidation sites excluding steroid dienone is 4. The summed E-state index contributed by atoms with van der Waals surface area (Å²) in [5.41, 5.74) is 2.37. The zero-order valence-corrected chi connectivity index (χ0v) is 29.2. The van der Waals surface area contributed by atoms with Gasteiger partial charge < -0.3 is 0 Å². The molecule has 3 aliphatic rings. The molecule has 0 aliphatic carbocycles. The van der Waals surface area contributed by atoms with E-state index in [4.69, 9.17) is 5.26 Å². The molecule has 1 spiro atoms. The van der Waals surface area contributed by atoms with E-state index in [1.807, 2.05) is 50.5 Å². The van der Waals surface area contributed by atoms with Crippen molar-refractivity contribution in [3.8, 4) is 0 Å². The molecule has 14 nitrogen and oxygen atoms in total. The average Bonchev–Trinajstić information content (AvgIpc) is 3.26. The molecule has 2 atom stereocenters. The largest absolute Gasteiger partial charge is 0.320 e. The van der Waals surface area contributed by atoms with E-state index >= 15 is 0 Å². The predicted octanol–water partition coefficient (Wildman–Crippen LogP) is 4.37. The van der Waals surface area contributed by atoms with Gasteiger partial charge in [0.25, 0.3) is 20.2 Å². The number of nitrogens with zero attached hydrogens (tertiary/aromatic N) is 2. The third-order valence-electron chi connectivity index (χ3n) is 9.32. The summed E-state index contributed by atoms with van der Waals surface area (Å²) in [6.07, 6.45) is 5.59. The Morgan fingerprint density at radius 2 is 1.68 bits per heavy atom. The minimum absolute atomic E-state index is 0.110. The van der Waals surface area contributed by atoms with Gasteiger partial charge in [-0.3, -0.25) is 13.7 Å². The van der Waals surface area contributed by atoms with Gasteiger partial charge in [0.2, 0.25) is 11.1 Å². The Morgan fingerprint density at radius 3 is 2.26 bits per heavy atom. The van der Waals surface area contributed by atoms with Crippen molar-refractivity contribution in [2.75, 3.05) is 18.8 Å². The fourth-order valence-corrected chi connectivity index (χ4v) is 9.78. The van der Waals surface area contributed by atoms with Crippen LogP contribution in [0.4, 0.5) is 11.4 Å². The first-order chi connectivity index (χ1) is 21.7. The second-order valence-corrected chi connectivity index (χ2v) is 18.1. The van der Waals surface area contributed by atoms with Crippen molar-refractivity contribution in [1.29, 1.82) is 0 Å². The Hall–Kier alpha value is -2.49. The van der Waals surface area contributed by atoms with Gasteiger partial charge in [-0.1, -0.05) is 11.1 Å². The van der Waals surface area contributed by atoms with Crippen molar-refractivity contribution < 1.29 is 58.1 Å². The lowest BCUT2D eigenvalue weighted by molar-refractivity contribution is -0.437. The molecule has 2 aromatic rings. The molecule has 1 fully saturated rings. The van der Waals surface area contributed by atoms with Crippen LogP contribution in [0.25, 0.3) is 0 Å². The minimum Gasteiger partial charge on any atom is -0.286 e. The highest BCUT2D eigenvalue weighted by Crippen LogP contribution is 2.58. The number of quaternary nitrogens is 1. The van der Waals surface area contributed by atoms with Crippen molar-refractivity contribution in [3.63, 3.8) is 0 Å². The Labute approximate surface area is 277 Å². The highest BCUT2D eigenvalue weighted by atomic mass is 32.2. The first kappa shape index (κ1) is 35.8. The molecule has 4 N–H and O–H groups in total. The summed E-state index contributed by atoms with van der Waals surface area (Å²) in [5, 5.41) is 11.1. The number of hydrogen-bond acceptors (Lipinski definition) is 10. The summed E-state index contributed by atoms with van der Waals surface area (Å²) < 4.78 is 108. The van der Waals surface area contributed by atoms with Gasteiger partial charge in [-0.05, 0) is 58.0 Å². The van der Waals surface area contributed by atoms with E-state index in [0.717, 1.165) is 29.0 Å². The summed E-state index contributed by atoms with van der Waals surface area (Å²) in [6, 6.07) is 9.41. The molecule has 18 heteroatoms. The number of hydrogen-bond donors (Lipinski definition) is 4. The van der Waals surface area contributed by atoms with E-state index in [-0.39, 0.29) is 28.8 Å². The lowest BCUT2D eigenvalue weighted by atomic mass is 9.81. The third kappa shape index (κ3) is 6.37. The Morgan fingerprint density at radius 1 is 0.979 bits per heavy atom. The van der Waals surface area contributed by atoms with Crippen LogP contribution in [-0.4, -0.2) is 78.7 Å². The molecule has 0 radical (unpaired) electrons. The molecule has 47 heavy (non-hydrogen) atoms. The maximum absolute atomic E-state index is 12.6. The van der Waals surface area contributed by atoms with Gasteiger partial charge >= 0.3 is 10.1 Å². The highest BCUT2D eigenvalue weighted by Gasteiger charge is 2.66. The Bertz CT molecular complexity index is 2050. The quantitative estimate of drug-likeness (QED) is 0.0634. The van der Waals surface area contributed by atoms with Gasteiger partial charge in [0, 0.05) is 40.7 Å². The number of rotatable bonds is 11. The second-order valence-electron chi connectivity index (χ2n) is 12.7. The smallest absolute Gasteiger partial charge is 0.286 e. The van der Waals surface area contributed by atoms with Gasteiger partial charge in [-0.2, -0.15) is 29.8 Å². The fraction of sp³-hybridized carbons (Fsp3) is 0.414. The third-order valence-corrected chi connectivity index (χ3v) is 12.8. The van der Waals surface area contributed by atoms with Crippen LogP contribution in [0, 0.1) is 0 Å². The Balaban J connectivity index is 1.64. The van der Waals surface area contributed by atoms with Crippen LogP contribution < -0.4 is 4.48 Å². The molecular weight excluding hydrogens is 697 g/mol. The Kier molecular flexibility index (Phi) is 9.24. The molecule has 5 rings (SSSR count). The molecule has 0 amide bonds. The summed E-state index contributed by atoms with van der Waals surface area (Å²) in [6.45, 7) is 8.10. The van der Waals surface area contributed by atoms with E-state index < -0.39 is 52.3 Å². The first-order valence-corrected chi connectivity index (χ1v) is 19.7. The average molecular weight is 733 g/mol. The van der Waals surface area contributed by atoms with Crippen molar-refractivity contribution in [1.82, 2.24) is 4.48 Å². The lowest BCUT2D eigenvalue weighted by Gasteiger charge is -2.49. The molecule has 0 saturated carbocycles. The molecule has 2 aromatic carbocycles. The highest BCUT2D eigenvalue weighted by molar-refractivity contribution is 7.94. The molecule has 3 aliphatic heterocycles. The fourth-order valence-electron chi connectivity index (χ4n) is 7.19. The lowest BCUT2D eigenvalue weighted by Crippen LogP contribution is -2.68. The van der Waals surface area contributed by atoms with Gasteiger partial charge in [-0.15, -0.1) is 4.33 Å². The zero-order chi connectivity index (χ0) is 34.8. The van der Waals surface area contributed by atoms with Gasteiger partial charge in [0.15, 0.2) is 5.71 Å². The van der Waals surface area contributed by atoms with Crippen LogP contribution in [-0.2, 0) is 50.6 Å². The van der Waals surface area contributed by atoms with Crippen LogP contribution in [0.15, 0.2) is 70.1 Å². The molecule has 3 heterocycles. The van der Waals surface area contributed by atoms with E-state index in [2.05, 4.69) is 9.37 Å². The normalized spacial score (nSPS) is 24.3. The van der Waals surface area contributed by atoms with Crippen LogP contribution in [0.5, 0.6) is 0 Å². The maximum Gasteiger partial charge on any atom is 0.320 e. The molecule has 1 saturated heterocycles. The summed E-state index contributed by atoms with van der Waals surface area (Å²) in [4.78, 5) is 0.282. The number of fused-ring (bicyclic) bond motifs is 3. The number of benzene rings is 2. The standard InChI is InChI=1S/C29H34N2O12S4/c1-28(2)21-17-19(44-43-42-32)9-11-23(21)30(14-6-16-45(33,34)35)25(28)7-5-8-26-29(3,4)22-18-20(46(36,37)38)10-12-24(22)31(26)15-13-27(31)47(39,40)41/h5,7-12,17-18,27H,6,13-16H2,1-4H3,(H2-2,32,33,34,35,36,37,38,39,40,41)/p+2/b7-5?,26-8+. The van der Waals surface area contributed by atoms with E-state index in [9.17, 15) is 38.9 Å². The molecule has 256 valence electrons. The summed E-state index contributed by atoms with van der Waals surface area (Å²) in [5.74, 6) is -0.453. The molecule has 0 aromatic heterocycles. The maximum atomic E-state index is 12.6. The van der Waals surface area contributed by atoms with Crippen LogP contribution in [0.2, 0.25) is 0 Å². The summed E-state index contributed by atoms with van der Waals surface area (Å²) in [7, 11) is -13.3. The van der Waals surface area contributed by atoms with Crippen LogP contribution in [0.3, 0.4) is 0 Å². The van der Waals surface area contributed by atoms with Crippen molar-refractivity contribution in [3.05, 3.63) is 71.5 Å². The second kappa shape index (κ2) is 12.1. The van der Waals surface area contributed by atoms with Gasteiger partial charge in [0.05, 0.1) is 46.5 Å².